The van der Waals surface area contributed by atoms with Crippen LogP contribution in [0, 0.1) is 0 Å². The lowest BCUT2D eigenvalue weighted by atomic mass is 9.86. The zero-order valence-corrected chi connectivity index (χ0v) is 22.0. The Balaban J connectivity index is 1.32. The van der Waals surface area contributed by atoms with Crippen molar-refractivity contribution in [1.29, 1.82) is 0 Å². The maximum Gasteiger partial charge on any atom is 0.251 e. The molecule has 0 saturated heterocycles. The van der Waals surface area contributed by atoms with Crippen LogP contribution in [0.2, 0.25) is 0 Å². The molecule has 0 radical (unpaired) electrons. The average molecular weight is 522 g/mol. The van der Waals surface area contributed by atoms with Gasteiger partial charge >= 0.3 is 0 Å². The van der Waals surface area contributed by atoms with E-state index in [0.29, 0.717) is 29.9 Å². The average Bonchev–Trinajstić information content (AvgIpc) is 3.43. The molecule has 1 aliphatic heterocycles. The van der Waals surface area contributed by atoms with Gasteiger partial charge in [-0.1, -0.05) is 51.6 Å². The van der Waals surface area contributed by atoms with Crippen molar-refractivity contribution in [3.63, 3.8) is 0 Å². The third-order valence-corrected chi connectivity index (χ3v) is 8.07. The summed E-state index contributed by atoms with van der Waals surface area (Å²) in [5.74, 6) is 0.0664. The molecule has 0 saturated carbocycles. The maximum atomic E-state index is 13.1. The smallest absolute Gasteiger partial charge is 0.251 e. The minimum Gasteiger partial charge on any atom is -0.444 e. The van der Waals surface area contributed by atoms with E-state index >= 15 is 0 Å². The second kappa shape index (κ2) is 10.4. The summed E-state index contributed by atoms with van der Waals surface area (Å²) in [6, 6.07) is 15.9. The molecule has 0 spiro atoms. The number of benzene rings is 2. The van der Waals surface area contributed by atoms with Crippen molar-refractivity contribution in [3.05, 3.63) is 95.3 Å². The van der Waals surface area contributed by atoms with Crippen molar-refractivity contribution in [1.82, 2.24) is 9.62 Å². The molecular weight excluding hydrogens is 490 g/mol. The molecule has 3 aromatic rings. The topological polar surface area (TPSA) is 109 Å². The number of anilines is 1. The van der Waals surface area contributed by atoms with Gasteiger partial charge in [-0.2, -0.15) is 4.31 Å². The monoisotopic (exact) mass is 521 g/mol. The van der Waals surface area contributed by atoms with Crippen LogP contribution in [0.1, 0.15) is 53.6 Å². The van der Waals surface area contributed by atoms with Crippen molar-refractivity contribution in [3.8, 4) is 0 Å². The van der Waals surface area contributed by atoms with Crippen LogP contribution in [-0.4, -0.2) is 31.1 Å². The van der Waals surface area contributed by atoms with Gasteiger partial charge in [0.2, 0.25) is 15.9 Å². The second-order valence-electron chi connectivity index (χ2n) is 10.0. The molecule has 194 valence electrons. The maximum absolute atomic E-state index is 13.1. The van der Waals surface area contributed by atoms with E-state index in [4.69, 9.17) is 4.42 Å². The molecular formula is C28H31N3O5S. The number of hydrogen-bond acceptors (Lipinski definition) is 5. The highest BCUT2D eigenvalue weighted by atomic mass is 32.2. The minimum absolute atomic E-state index is 0.0561. The molecule has 0 unspecified atom stereocenters. The number of amides is 2. The van der Waals surface area contributed by atoms with Gasteiger partial charge < -0.3 is 9.73 Å². The van der Waals surface area contributed by atoms with Crippen LogP contribution in [-0.2, 0) is 39.7 Å². The summed E-state index contributed by atoms with van der Waals surface area (Å²) in [7, 11) is -3.79. The summed E-state index contributed by atoms with van der Waals surface area (Å²) in [6.45, 7) is 10.5. The van der Waals surface area contributed by atoms with Crippen LogP contribution in [0.5, 0.6) is 0 Å². The Labute approximate surface area is 217 Å². The summed E-state index contributed by atoms with van der Waals surface area (Å²) < 4.78 is 33.1. The molecule has 0 bridgehead atoms. The first kappa shape index (κ1) is 26.4. The third kappa shape index (κ3) is 6.00. The summed E-state index contributed by atoms with van der Waals surface area (Å²) in [5.41, 5.74) is 3.56. The van der Waals surface area contributed by atoms with E-state index in [-0.39, 0.29) is 35.2 Å². The lowest BCUT2D eigenvalue weighted by Gasteiger charge is -2.19. The Bertz CT molecular complexity index is 1390. The quantitative estimate of drug-likeness (QED) is 0.428. The fraction of sp³-hybridized carbons (Fsp3) is 0.286. The molecule has 2 heterocycles. The van der Waals surface area contributed by atoms with Crippen molar-refractivity contribution in [2.75, 3.05) is 11.9 Å². The highest BCUT2D eigenvalue weighted by molar-refractivity contribution is 7.89. The van der Waals surface area contributed by atoms with Crippen LogP contribution in [0.4, 0.5) is 5.88 Å². The summed E-state index contributed by atoms with van der Waals surface area (Å²) in [5, 5.41) is 5.41. The second-order valence-corrected chi connectivity index (χ2v) is 11.9. The molecule has 1 aliphatic rings. The number of carbonyl (C=O) groups excluding carboxylic acids is 2. The zero-order chi connectivity index (χ0) is 26.8. The number of hydrogen-bond donors (Lipinski definition) is 2. The number of sulfonamides is 1. The normalized spacial score (nSPS) is 13.7. The number of rotatable bonds is 8. The van der Waals surface area contributed by atoms with Crippen LogP contribution in [0.3, 0.4) is 0 Å². The van der Waals surface area contributed by atoms with Crippen molar-refractivity contribution in [2.45, 2.75) is 50.6 Å². The van der Waals surface area contributed by atoms with Gasteiger partial charge in [-0.05, 0) is 53.3 Å². The molecule has 0 aliphatic carbocycles. The Hall–Kier alpha value is -3.69. The van der Waals surface area contributed by atoms with E-state index in [2.05, 4.69) is 62.2 Å². The predicted octanol–water partition coefficient (Wildman–Crippen LogP) is 4.38. The summed E-state index contributed by atoms with van der Waals surface area (Å²) >= 11 is 0. The molecule has 2 N–H and O–H groups in total. The number of nitrogens with zero attached hydrogens (tertiary/aromatic N) is 1. The Morgan fingerprint density at radius 3 is 2.32 bits per heavy atom. The first-order chi connectivity index (χ1) is 17.5. The van der Waals surface area contributed by atoms with Gasteiger partial charge in [-0.15, -0.1) is 0 Å². The van der Waals surface area contributed by atoms with Gasteiger partial charge in [0.15, 0.2) is 5.88 Å². The highest BCUT2D eigenvalue weighted by Crippen LogP contribution is 2.32. The van der Waals surface area contributed by atoms with Crippen LogP contribution in [0.15, 0.2) is 76.6 Å². The molecule has 0 fully saturated rings. The number of furan rings is 1. The van der Waals surface area contributed by atoms with Gasteiger partial charge in [0.05, 0.1) is 11.4 Å². The number of carbonyl (C=O) groups is 2. The Morgan fingerprint density at radius 2 is 1.73 bits per heavy atom. The first-order valence-electron chi connectivity index (χ1n) is 12.0. The van der Waals surface area contributed by atoms with Crippen molar-refractivity contribution >= 4 is 27.7 Å². The molecule has 1 aromatic heterocycles. The summed E-state index contributed by atoms with van der Waals surface area (Å²) in [4.78, 5) is 24.1. The van der Waals surface area contributed by atoms with E-state index in [1.165, 1.54) is 34.1 Å². The number of nitrogens with one attached hydrogen (secondary N) is 2. The van der Waals surface area contributed by atoms with Crippen molar-refractivity contribution in [2.24, 2.45) is 0 Å². The molecule has 0 atom stereocenters. The van der Waals surface area contributed by atoms with E-state index < -0.39 is 15.9 Å². The Kier molecular flexibility index (Phi) is 7.38. The first-order valence-corrected chi connectivity index (χ1v) is 13.4. The molecule has 37 heavy (non-hydrogen) atoms. The molecule has 4 rings (SSSR count). The van der Waals surface area contributed by atoms with E-state index in [1.807, 2.05) is 0 Å². The minimum atomic E-state index is -3.79. The molecule has 2 aromatic carbocycles. The van der Waals surface area contributed by atoms with Crippen LogP contribution in [0.25, 0.3) is 0 Å². The molecule has 9 heteroatoms. The zero-order valence-electron chi connectivity index (χ0n) is 21.2. The van der Waals surface area contributed by atoms with E-state index in [9.17, 15) is 18.0 Å². The fourth-order valence-electron chi connectivity index (χ4n) is 4.07. The number of fused-ring (bicyclic) bond motifs is 1. The largest absolute Gasteiger partial charge is 0.444 e. The standard InChI is InChI=1S/C28H31N3O5S/c1-5-25(32)30-26-16-21-17-31(18-24(21)36-26)37(34,35)23-12-8-20(9-13-23)27(33)29-15-14-19-6-10-22(11-7-19)28(2,3)4/h5-13,16H,1,14-15,17-18H2,2-4H3,(H,29,33)(H,30,32). The van der Waals surface area contributed by atoms with Gasteiger partial charge in [0.25, 0.3) is 5.91 Å². The summed E-state index contributed by atoms with van der Waals surface area (Å²) in [6.07, 6.45) is 1.82. The van der Waals surface area contributed by atoms with Crippen LogP contribution >= 0.6 is 0 Å². The van der Waals surface area contributed by atoms with Gasteiger partial charge in [-0.3, -0.25) is 14.9 Å². The van der Waals surface area contributed by atoms with Gasteiger partial charge in [0, 0.05) is 30.3 Å². The third-order valence-electron chi connectivity index (χ3n) is 6.27. The molecule has 2 amide bonds. The van der Waals surface area contributed by atoms with Gasteiger partial charge in [-0.25, -0.2) is 8.42 Å². The van der Waals surface area contributed by atoms with Gasteiger partial charge in [0.1, 0.15) is 5.76 Å². The van der Waals surface area contributed by atoms with Crippen LogP contribution < -0.4 is 10.6 Å². The van der Waals surface area contributed by atoms with E-state index in [1.54, 1.807) is 6.07 Å². The van der Waals surface area contributed by atoms with Crippen molar-refractivity contribution < 1.29 is 22.4 Å². The fourth-order valence-corrected chi connectivity index (χ4v) is 5.44. The SMILES string of the molecule is C=CC(=O)Nc1cc2c(o1)CN(S(=O)(=O)c1ccc(C(=O)NCCc3ccc(C(C)(C)C)cc3)cc1)C2. The Morgan fingerprint density at radius 1 is 1.05 bits per heavy atom. The highest BCUT2D eigenvalue weighted by Gasteiger charge is 2.33. The molecule has 8 nitrogen and oxygen atoms in total. The van der Waals surface area contributed by atoms with E-state index in [0.717, 1.165) is 11.6 Å². The predicted molar refractivity (Wildman–Crippen MR) is 142 cm³/mol. The lowest BCUT2D eigenvalue weighted by molar-refractivity contribution is -0.112. The lowest BCUT2D eigenvalue weighted by Crippen LogP contribution is -2.27.